The van der Waals surface area contributed by atoms with Crippen LogP contribution in [0.4, 0.5) is 10.5 Å². The Kier molecular flexibility index (Phi) is 6.86. The second-order valence-electron chi connectivity index (χ2n) is 7.26. The Balaban J connectivity index is 1.50. The molecule has 0 aliphatic carbocycles. The van der Waals surface area contributed by atoms with E-state index in [1.54, 1.807) is 60.7 Å². The minimum Gasteiger partial charge on any atom is -0.497 e. The van der Waals surface area contributed by atoms with Crippen molar-refractivity contribution in [2.45, 2.75) is 6.61 Å². The molecule has 0 atom stereocenters. The average molecular weight is 497 g/mol. The summed E-state index contributed by atoms with van der Waals surface area (Å²) in [5.74, 6) is -0.330. The van der Waals surface area contributed by atoms with E-state index in [1.807, 2.05) is 6.07 Å². The summed E-state index contributed by atoms with van der Waals surface area (Å²) in [5, 5.41) is 3.11. The van der Waals surface area contributed by atoms with Crippen LogP contribution in [-0.2, 0) is 16.2 Å². The fourth-order valence-corrected chi connectivity index (χ4v) is 3.57. The van der Waals surface area contributed by atoms with E-state index < -0.39 is 17.8 Å². The Hall–Kier alpha value is -3.81. The van der Waals surface area contributed by atoms with Gasteiger partial charge in [-0.25, -0.2) is 9.69 Å². The van der Waals surface area contributed by atoms with E-state index in [-0.39, 0.29) is 12.2 Å². The molecule has 7 nitrogen and oxygen atoms in total. The molecule has 3 aromatic rings. The van der Waals surface area contributed by atoms with E-state index >= 15 is 0 Å². The summed E-state index contributed by atoms with van der Waals surface area (Å²) < 4.78 is 10.8. The van der Waals surface area contributed by atoms with Crippen LogP contribution in [0.15, 0.2) is 72.3 Å². The lowest BCUT2D eigenvalue weighted by molar-refractivity contribution is -0.122. The number of methoxy groups -OCH3 is 1. The summed E-state index contributed by atoms with van der Waals surface area (Å²) in [6.45, 7) is 0.289. The highest BCUT2D eigenvalue weighted by Crippen LogP contribution is 2.26. The molecule has 0 unspecified atom stereocenters. The number of amides is 4. The topological polar surface area (TPSA) is 84.9 Å². The molecule has 1 aliphatic heterocycles. The maximum atomic E-state index is 13.0. The Morgan fingerprint density at radius 1 is 0.882 bits per heavy atom. The van der Waals surface area contributed by atoms with Gasteiger partial charge in [-0.3, -0.25) is 14.9 Å². The molecule has 172 valence electrons. The molecule has 9 heteroatoms. The maximum Gasteiger partial charge on any atom is 0.335 e. The first-order chi connectivity index (χ1) is 16.4. The van der Waals surface area contributed by atoms with Crippen molar-refractivity contribution in [3.05, 3.63) is 93.5 Å². The van der Waals surface area contributed by atoms with Gasteiger partial charge in [0, 0.05) is 0 Å². The predicted octanol–water partition coefficient (Wildman–Crippen LogP) is 5.25. The van der Waals surface area contributed by atoms with Gasteiger partial charge < -0.3 is 9.47 Å². The zero-order valence-electron chi connectivity index (χ0n) is 17.9. The number of imide groups is 2. The molecule has 0 bridgehead atoms. The lowest BCUT2D eigenvalue weighted by Crippen LogP contribution is -2.54. The van der Waals surface area contributed by atoms with Crippen molar-refractivity contribution < 1.29 is 23.9 Å². The largest absolute Gasteiger partial charge is 0.497 e. The number of urea groups is 1. The monoisotopic (exact) mass is 496 g/mol. The number of benzene rings is 3. The molecule has 1 aliphatic rings. The van der Waals surface area contributed by atoms with E-state index in [1.165, 1.54) is 13.2 Å². The molecule has 3 aromatic carbocycles. The number of halogens is 2. The zero-order chi connectivity index (χ0) is 24.2. The molecule has 1 N–H and O–H groups in total. The molecule has 4 amide bonds. The maximum absolute atomic E-state index is 13.0. The fourth-order valence-electron chi connectivity index (χ4n) is 3.25. The predicted molar refractivity (Wildman–Crippen MR) is 129 cm³/mol. The van der Waals surface area contributed by atoms with Crippen molar-refractivity contribution >= 4 is 52.8 Å². The molecular formula is C25H18Cl2N2O5. The number of carbonyl (C=O) groups excluding carboxylic acids is 3. The van der Waals surface area contributed by atoms with Crippen LogP contribution in [0, 0.1) is 0 Å². The highest BCUT2D eigenvalue weighted by Gasteiger charge is 2.36. The smallest absolute Gasteiger partial charge is 0.335 e. The summed E-state index contributed by atoms with van der Waals surface area (Å²) in [5.41, 5.74) is 1.59. The zero-order valence-corrected chi connectivity index (χ0v) is 19.4. The standard InChI is InChI=1S/C25H18Cl2N2O5/c1-33-18-9-5-17(6-10-18)29-24(31)20(23(30)28-25(29)32)12-15-2-7-19(8-3-15)34-14-16-4-11-21(26)22(27)13-16/h2-13H,14H2,1H3,(H,28,30,32)/b20-12+. The van der Waals surface area contributed by atoms with E-state index in [0.717, 1.165) is 10.5 Å². The van der Waals surface area contributed by atoms with Crippen LogP contribution >= 0.6 is 23.2 Å². The second kappa shape index (κ2) is 9.99. The van der Waals surface area contributed by atoms with Gasteiger partial charge in [0.1, 0.15) is 23.7 Å². The summed E-state index contributed by atoms with van der Waals surface area (Å²) >= 11 is 11.9. The third kappa shape index (κ3) is 5.06. The molecule has 4 rings (SSSR count). The Labute approximate surface area is 205 Å². The number of hydrogen-bond acceptors (Lipinski definition) is 5. The molecule has 0 radical (unpaired) electrons. The van der Waals surface area contributed by atoms with Crippen LogP contribution in [0.2, 0.25) is 10.0 Å². The number of ether oxygens (including phenoxy) is 2. The van der Waals surface area contributed by atoms with Crippen molar-refractivity contribution in [3.8, 4) is 11.5 Å². The van der Waals surface area contributed by atoms with E-state index in [4.69, 9.17) is 32.7 Å². The van der Waals surface area contributed by atoms with Gasteiger partial charge in [-0.05, 0) is 65.7 Å². The van der Waals surface area contributed by atoms with Crippen molar-refractivity contribution in [2.75, 3.05) is 12.0 Å². The van der Waals surface area contributed by atoms with E-state index in [2.05, 4.69) is 5.32 Å². The number of nitrogens with one attached hydrogen (secondary N) is 1. The fraction of sp³-hybridized carbons (Fsp3) is 0.0800. The third-order valence-corrected chi connectivity index (χ3v) is 5.75. The van der Waals surface area contributed by atoms with Gasteiger partial charge in [0.05, 0.1) is 22.8 Å². The molecule has 0 aromatic heterocycles. The number of anilines is 1. The van der Waals surface area contributed by atoms with Gasteiger partial charge in [0.2, 0.25) is 0 Å². The average Bonchev–Trinajstić information content (AvgIpc) is 2.83. The van der Waals surface area contributed by atoms with E-state index in [9.17, 15) is 14.4 Å². The van der Waals surface area contributed by atoms with Crippen molar-refractivity contribution in [1.29, 1.82) is 0 Å². The van der Waals surface area contributed by atoms with Crippen molar-refractivity contribution in [3.63, 3.8) is 0 Å². The number of barbiturate groups is 1. The molecule has 0 spiro atoms. The minimum absolute atomic E-state index is 0.167. The van der Waals surface area contributed by atoms with Gasteiger partial charge in [0.25, 0.3) is 11.8 Å². The first-order valence-corrected chi connectivity index (χ1v) is 10.8. The van der Waals surface area contributed by atoms with Crippen LogP contribution in [0.25, 0.3) is 6.08 Å². The highest BCUT2D eigenvalue weighted by atomic mass is 35.5. The molecule has 1 saturated heterocycles. The SMILES string of the molecule is COc1ccc(N2C(=O)NC(=O)/C(=C\c3ccc(OCc4ccc(Cl)c(Cl)c4)cc3)C2=O)cc1. The van der Waals surface area contributed by atoms with Gasteiger partial charge in [-0.1, -0.05) is 41.4 Å². The number of carbonyl (C=O) groups is 3. The molecule has 34 heavy (non-hydrogen) atoms. The number of nitrogens with zero attached hydrogens (tertiary/aromatic N) is 1. The molecule has 0 saturated carbocycles. The normalized spacial score (nSPS) is 14.9. The number of hydrogen-bond donors (Lipinski definition) is 1. The molecule has 1 fully saturated rings. The Bertz CT molecular complexity index is 1290. The van der Waals surface area contributed by atoms with Crippen molar-refractivity contribution in [1.82, 2.24) is 5.32 Å². The summed E-state index contributed by atoms with van der Waals surface area (Å²) in [6, 6.07) is 17.6. The lowest BCUT2D eigenvalue weighted by Gasteiger charge is -2.26. The second-order valence-corrected chi connectivity index (χ2v) is 8.08. The van der Waals surface area contributed by atoms with Crippen LogP contribution in [0.3, 0.4) is 0 Å². The first-order valence-electron chi connectivity index (χ1n) is 10.1. The van der Waals surface area contributed by atoms with Gasteiger partial charge in [-0.15, -0.1) is 0 Å². The van der Waals surface area contributed by atoms with E-state index in [0.29, 0.717) is 32.8 Å². The highest BCUT2D eigenvalue weighted by molar-refractivity contribution is 6.42. The van der Waals surface area contributed by atoms with Crippen LogP contribution < -0.4 is 19.7 Å². The lowest BCUT2D eigenvalue weighted by atomic mass is 10.1. The first kappa shape index (κ1) is 23.4. The Morgan fingerprint density at radius 3 is 2.21 bits per heavy atom. The minimum atomic E-state index is -0.816. The summed E-state index contributed by atoms with van der Waals surface area (Å²) in [6.07, 6.45) is 1.42. The number of rotatable bonds is 6. The van der Waals surface area contributed by atoms with Crippen molar-refractivity contribution in [2.24, 2.45) is 0 Å². The van der Waals surface area contributed by atoms with Crippen LogP contribution in [0.1, 0.15) is 11.1 Å². The van der Waals surface area contributed by atoms with Crippen LogP contribution in [0.5, 0.6) is 11.5 Å². The quantitative estimate of drug-likeness (QED) is 0.372. The Morgan fingerprint density at radius 2 is 1.56 bits per heavy atom. The van der Waals surface area contributed by atoms with Gasteiger partial charge in [0.15, 0.2) is 0 Å². The third-order valence-electron chi connectivity index (χ3n) is 5.01. The summed E-state index contributed by atoms with van der Waals surface area (Å²) in [7, 11) is 1.51. The van der Waals surface area contributed by atoms with Gasteiger partial charge >= 0.3 is 6.03 Å². The molecule has 1 heterocycles. The molecular weight excluding hydrogens is 479 g/mol. The van der Waals surface area contributed by atoms with Crippen LogP contribution in [-0.4, -0.2) is 25.0 Å². The van der Waals surface area contributed by atoms with Gasteiger partial charge in [-0.2, -0.15) is 0 Å². The summed E-state index contributed by atoms with van der Waals surface area (Å²) in [4.78, 5) is 38.6.